The summed E-state index contributed by atoms with van der Waals surface area (Å²) in [7, 11) is -3.11. The summed E-state index contributed by atoms with van der Waals surface area (Å²) in [5, 5.41) is 0.988. The number of hydrogen-bond donors (Lipinski definition) is 0. The average molecular weight is 463 g/mol. The van der Waals surface area contributed by atoms with E-state index in [0.29, 0.717) is 10.2 Å². The second-order valence-corrected chi connectivity index (χ2v) is 11.7. The number of halogens is 1. The Morgan fingerprint density at radius 2 is 1.87 bits per heavy atom. The Hall–Kier alpha value is -1.83. The van der Waals surface area contributed by atoms with E-state index in [9.17, 15) is 13.2 Å². The van der Waals surface area contributed by atoms with Crippen LogP contribution >= 0.6 is 23.4 Å². The summed E-state index contributed by atoms with van der Waals surface area (Å²) in [4.78, 5) is 19.1. The molecule has 0 radical (unpaired) electrons. The molecule has 0 saturated carbocycles. The molecular formula is C22H23ClN2O3S2. The third-order valence-electron chi connectivity index (χ3n) is 5.40. The molecule has 30 heavy (non-hydrogen) atoms. The number of rotatable bonds is 4. The van der Waals surface area contributed by atoms with Gasteiger partial charge in [-0.1, -0.05) is 73.6 Å². The van der Waals surface area contributed by atoms with Crippen molar-refractivity contribution in [3.05, 3.63) is 64.7 Å². The predicted octanol–water partition coefficient (Wildman–Crippen LogP) is 4.31. The fraction of sp³-hybridized carbons (Fsp3) is 0.364. The van der Waals surface area contributed by atoms with E-state index >= 15 is 0 Å². The van der Waals surface area contributed by atoms with Crippen molar-refractivity contribution in [2.75, 3.05) is 16.4 Å². The number of thioether (sulfide) groups is 1. The zero-order valence-corrected chi connectivity index (χ0v) is 19.2. The van der Waals surface area contributed by atoms with E-state index in [0.717, 1.165) is 16.8 Å². The summed E-state index contributed by atoms with van der Waals surface area (Å²) in [5.41, 5.74) is 2.76. The normalized spacial score (nSPS) is 23.9. The third kappa shape index (κ3) is 4.29. The van der Waals surface area contributed by atoms with Crippen molar-refractivity contribution >= 4 is 50.0 Å². The molecule has 0 aliphatic carbocycles. The molecule has 0 aromatic heterocycles. The van der Waals surface area contributed by atoms with Crippen LogP contribution in [0.5, 0.6) is 0 Å². The molecule has 1 amide bonds. The van der Waals surface area contributed by atoms with Crippen molar-refractivity contribution in [1.82, 2.24) is 0 Å². The van der Waals surface area contributed by atoms with Crippen LogP contribution in [-0.2, 0) is 21.1 Å². The summed E-state index contributed by atoms with van der Waals surface area (Å²) in [6.07, 6.45) is 0.108. The highest BCUT2D eigenvalue weighted by atomic mass is 35.5. The van der Waals surface area contributed by atoms with Gasteiger partial charge in [0.1, 0.15) is 0 Å². The van der Waals surface area contributed by atoms with E-state index in [2.05, 4.69) is 18.8 Å². The average Bonchev–Trinajstić information content (AvgIpc) is 3.14. The maximum Gasteiger partial charge on any atom is 0.252 e. The van der Waals surface area contributed by atoms with Crippen molar-refractivity contribution in [1.29, 1.82) is 0 Å². The van der Waals surface area contributed by atoms with Crippen LogP contribution < -0.4 is 4.90 Å². The van der Waals surface area contributed by atoms with Crippen molar-refractivity contribution in [3.8, 4) is 0 Å². The van der Waals surface area contributed by atoms with Gasteiger partial charge in [0.15, 0.2) is 15.0 Å². The van der Waals surface area contributed by atoms with Crippen LogP contribution in [0.15, 0.2) is 53.5 Å². The number of benzene rings is 2. The minimum atomic E-state index is -3.11. The Kier molecular flexibility index (Phi) is 5.97. The first-order valence-electron chi connectivity index (χ1n) is 9.85. The van der Waals surface area contributed by atoms with Gasteiger partial charge in [-0.05, 0) is 29.2 Å². The number of amidine groups is 1. The lowest BCUT2D eigenvalue weighted by atomic mass is 9.99. The molecular weight excluding hydrogens is 440 g/mol. The van der Waals surface area contributed by atoms with Crippen molar-refractivity contribution in [2.45, 2.75) is 37.5 Å². The number of aliphatic imine (C=N–C) groups is 1. The lowest BCUT2D eigenvalue weighted by Crippen LogP contribution is -2.38. The standard InChI is InChI=1S/C22H23ClN2O3S2/c1-14(2)16-8-4-6-10-18(16)25-19-12-30(27,28)13-20(19)29-22(25)24-21(26)11-15-7-3-5-9-17(15)23/h3-10,14,19-20H,11-13H2,1-2H3/t19-,20-/m1/s1. The molecule has 8 heteroatoms. The fourth-order valence-electron chi connectivity index (χ4n) is 3.99. The summed E-state index contributed by atoms with van der Waals surface area (Å²) < 4.78 is 24.6. The van der Waals surface area contributed by atoms with Crippen LogP contribution in [0.3, 0.4) is 0 Å². The van der Waals surface area contributed by atoms with Gasteiger partial charge in [-0.15, -0.1) is 0 Å². The monoisotopic (exact) mass is 462 g/mol. The topological polar surface area (TPSA) is 66.8 Å². The summed E-state index contributed by atoms with van der Waals surface area (Å²) in [6, 6.07) is 15.0. The second-order valence-electron chi connectivity index (χ2n) is 7.94. The van der Waals surface area contributed by atoms with Crippen molar-refractivity contribution in [2.24, 2.45) is 4.99 Å². The lowest BCUT2D eigenvalue weighted by molar-refractivity contribution is -0.117. The molecule has 2 saturated heterocycles. The molecule has 0 bridgehead atoms. The number of carbonyl (C=O) groups excluding carboxylic acids is 1. The van der Waals surface area contributed by atoms with Gasteiger partial charge in [0.2, 0.25) is 0 Å². The number of fused-ring (bicyclic) bond motifs is 1. The first-order valence-corrected chi connectivity index (χ1v) is 12.9. The largest absolute Gasteiger partial charge is 0.315 e. The van der Waals surface area contributed by atoms with Gasteiger partial charge in [0.05, 0.1) is 24.0 Å². The molecule has 0 unspecified atom stereocenters. The minimum Gasteiger partial charge on any atom is -0.315 e. The number of amides is 1. The maximum absolute atomic E-state index is 12.8. The molecule has 2 aromatic carbocycles. The van der Waals surface area contributed by atoms with Crippen LogP contribution in [0.2, 0.25) is 5.02 Å². The molecule has 4 rings (SSSR count). The number of nitrogens with zero attached hydrogens (tertiary/aromatic N) is 2. The molecule has 2 aliphatic rings. The van der Waals surface area contributed by atoms with Crippen LogP contribution in [0, 0.1) is 0 Å². The van der Waals surface area contributed by atoms with E-state index in [1.165, 1.54) is 11.8 Å². The molecule has 158 valence electrons. The first-order chi connectivity index (χ1) is 14.2. The van der Waals surface area contributed by atoms with Gasteiger partial charge in [0, 0.05) is 16.0 Å². The van der Waals surface area contributed by atoms with Crippen molar-refractivity contribution < 1.29 is 13.2 Å². The molecule has 2 atom stereocenters. The van der Waals surface area contributed by atoms with Crippen LogP contribution in [-0.4, -0.2) is 42.3 Å². The zero-order valence-electron chi connectivity index (χ0n) is 16.8. The Morgan fingerprint density at radius 3 is 2.60 bits per heavy atom. The Bertz CT molecular complexity index is 1110. The van der Waals surface area contributed by atoms with Crippen LogP contribution in [0.25, 0.3) is 0 Å². The molecule has 0 N–H and O–H groups in total. The van der Waals surface area contributed by atoms with E-state index in [-0.39, 0.29) is 41.0 Å². The van der Waals surface area contributed by atoms with Gasteiger partial charge in [-0.25, -0.2) is 8.42 Å². The molecule has 5 nitrogen and oxygen atoms in total. The van der Waals surface area contributed by atoms with Crippen LogP contribution in [0.1, 0.15) is 30.9 Å². The number of para-hydroxylation sites is 1. The van der Waals surface area contributed by atoms with Crippen LogP contribution in [0.4, 0.5) is 5.69 Å². The second kappa shape index (κ2) is 8.36. The minimum absolute atomic E-state index is 0.0782. The zero-order chi connectivity index (χ0) is 21.5. The highest BCUT2D eigenvalue weighted by molar-refractivity contribution is 8.16. The molecule has 2 heterocycles. The Labute approximate surface area is 186 Å². The first kappa shape index (κ1) is 21.4. The highest BCUT2D eigenvalue weighted by Gasteiger charge is 2.49. The van der Waals surface area contributed by atoms with E-state index in [4.69, 9.17) is 11.6 Å². The fourth-order valence-corrected chi connectivity index (χ4v) is 8.12. The number of hydrogen-bond acceptors (Lipinski definition) is 4. The Balaban J connectivity index is 1.71. The number of carbonyl (C=O) groups is 1. The molecule has 2 aromatic rings. The molecule has 2 aliphatic heterocycles. The molecule has 0 spiro atoms. The smallest absolute Gasteiger partial charge is 0.252 e. The van der Waals surface area contributed by atoms with Gasteiger partial charge >= 0.3 is 0 Å². The maximum atomic E-state index is 12.8. The van der Waals surface area contributed by atoms with Gasteiger partial charge < -0.3 is 4.90 Å². The Morgan fingerprint density at radius 1 is 1.17 bits per heavy atom. The predicted molar refractivity (Wildman–Crippen MR) is 124 cm³/mol. The number of sulfone groups is 1. The SMILES string of the molecule is CC(C)c1ccccc1N1C(=NC(=O)Cc2ccccc2Cl)S[C@@H]2CS(=O)(=O)C[C@H]21. The number of anilines is 1. The van der Waals surface area contributed by atoms with Gasteiger partial charge in [-0.3, -0.25) is 4.79 Å². The van der Waals surface area contributed by atoms with Gasteiger partial charge in [-0.2, -0.15) is 4.99 Å². The summed E-state index contributed by atoms with van der Waals surface area (Å²) in [5.74, 6) is 0.152. The quantitative estimate of drug-likeness (QED) is 0.677. The van der Waals surface area contributed by atoms with Crippen molar-refractivity contribution in [3.63, 3.8) is 0 Å². The van der Waals surface area contributed by atoms with E-state index < -0.39 is 9.84 Å². The van der Waals surface area contributed by atoms with E-state index in [1.54, 1.807) is 6.07 Å². The highest BCUT2D eigenvalue weighted by Crippen LogP contribution is 2.43. The lowest BCUT2D eigenvalue weighted by Gasteiger charge is -2.28. The summed E-state index contributed by atoms with van der Waals surface area (Å²) >= 11 is 7.58. The third-order valence-corrected chi connectivity index (χ3v) is 8.98. The van der Waals surface area contributed by atoms with Gasteiger partial charge in [0.25, 0.3) is 5.91 Å². The van der Waals surface area contributed by atoms with E-state index in [1.807, 2.05) is 47.4 Å². The summed E-state index contributed by atoms with van der Waals surface area (Å²) in [6.45, 7) is 4.20. The molecule has 2 fully saturated rings.